The largest absolute Gasteiger partial charge is 0.387 e. The van der Waals surface area contributed by atoms with E-state index in [1.165, 1.54) is 6.07 Å². The van der Waals surface area contributed by atoms with Gasteiger partial charge in [0.2, 0.25) is 0 Å². The maximum Gasteiger partial charge on any atom is 0.147 e. The molecule has 0 aliphatic heterocycles. The third-order valence-electron chi connectivity index (χ3n) is 3.16. The maximum atomic E-state index is 13.5. The van der Waals surface area contributed by atoms with Gasteiger partial charge in [-0.3, -0.25) is 0 Å². The minimum Gasteiger partial charge on any atom is -0.387 e. The highest BCUT2D eigenvalue weighted by atomic mass is 19.1. The van der Waals surface area contributed by atoms with Gasteiger partial charge in [-0.15, -0.1) is 0 Å². The first-order valence-corrected chi connectivity index (χ1v) is 5.24. The van der Waals surface area contributed by atoms with Crippen LogP contribution in [0.25, 0.3) is 10.9 Å². The smallest absolute Gasteiger partial charge is 0.147 e. The summed E-state index contributed by atoms with van der Waals surface area (Å²) in [6.45, 7) is 0. The molecule has 1 heterocycles. The van der Waals surface area contributed by atoms with E-state index in [0.29, 0.717) is 5.52 Å². The van der Waals surface area contributed by atoms with Crippen LogP contribution in [-0.2, 0) is 6.42 Å². The average molecular weight is 205 g/mol. The van der Waals surface area contributed by atoms with E-state index in [1.54, 1.807) is 6.07 Å². The molecule has 0 saturated carbocycles. The van der Waals surface area contributed by atoms with Gasteiger partial charge in [0.1, 0.15) is 5.82 Å². The lowest BCUT2D eigenvalue weighted by Gasteiger charge is -2.17. The molecule has 0 saturated heterocycles. The fourth-order valence-electron chi connectivity index (χ4n) is 2.43. The number of aromatic nitrogens is 1. The number of rotatable bonds is 0. The Bertz CT molecular complexity index is 518. The predicted octanol–water partition coefficient (Wildman–Crippen LogP) is 2.68. The minimum absolute atomic E-state index is 0.242. The molecule has 1 aromatic carbocycles. The van der Waals surface area contributed by atoms with E-state index in [0.717, 1.165) is 35.9 Å². The highest BCUT2D eigenvalue weighted by Crippen LogP contribution is 2.35. The number of hydrogen-bond donors (Lipinski definition) is 2. The van der Waals surface area contributed by atoms with Crippen molar-refractivity contribution in [3.05, 3.63) is 35.3 Å². The van der Waals surface area contributed by atoms with Gasteiger partial charge >= 0.3 is 0 Å². The van der Waals surface area contributed by atoms with Crippen LogP contribution in [0.4, 0.5) is 4.39 Å². The zero-order chi connectivity index (χ0) is 10.4. The molecule has 0 bridgehead atoms. The molecule has 0 radical (unpaired) electrons. The monoisotopic (exact) mass is 205 g/mol. The summed E-state index contributed by atoms with van der Waals surface area (Å²) in [6.07, 6.45) is 2.20. The molecule has 1 aromatic heterocycles. The van der Waals surface area contributed by atoms with E-state index < -0.39 is 6.10 Å². The SMILES string of the molecule is OC1CCCc2c1[nH]c1c(F)cccc21. The van der Waals surface area contributed by atoms with Crippen molar-refractivity contribution in [2.45, 2.75) is 25.4 Å². The molecular weight excluding hydrogens is 193 g/mol. The molecular formula is C12H12FNO. The molecule has 0 spiro atoms. The molecule has 2 nitrogen and oxygen atoms in total. The minimum atomic E-state index is -0.458. The highest BCUT2D eigenvalue weighted by molar-refractivity contribution is 5.85. The summed E-state index contributed by atoms with van der Waals surface area (Å²) < 4.78 is 13.5. The molecule has 0 amide bonds. The topological polar surface area (TPSA) is 36.0 Å². The first-order valence-electron chi connectivity index (χ1n) is 5.24. The van der Waals surface area contributed by atoms with Gasteiger partial charge in [0.05, 0.1) is 11.6 Å². The zero-order valence-electron chi connectivity index (χ0n) is 8.26. The zero-order valence-corrected chi connectivity index (χ0v) is 8.26. The number of halogens is 1. The van der Waals surface area contributed by atoms with Crippen LogP contribution >= 0.6 is 0 Å². The Kier molecular flexibility index (Phi) is 1.83. The molecule has 1 aliphatic rings. The summed E-state index contributed by atoms with van der Waals surface area (Å²) >= 11 is 0. The lowest BCUT2D eigenvalue weighted by molar-refractivity contribution is 0.153. The second kappa shape index (κ2) is 3.07. The average Bonchev–Trinajstić information content (AvgIpc) is 2.60. The summed E-state index contributed by atoms with van der Waals surface area (Å²) in [7, 11) is 0. The van der Waals surface area contributed by atoms with Gasteiger partial charge in [-0.2, -0.15) is 0 Å². The van der Waals surface area contributed by atoms with Gasteiger partial charge in [0, 0.05) is 11.1 Å². The number of fused-ring (bicyclic) bond motifs is 3. The molecule has 78 valence electrons. The van der Waals surface area contributed by atoms with Crippen LogP contribution in [0.5, 0.6) is 0 Å². The van der Waals surface area contributed by atoms with Crippen molar-refractivity contribution in [1.82, 2.24) is 4.98 Å². The van der Waals surface area contributed by atoms with E-state index in [4.69, 9.17) is 0 Å². The number of aliphatic hydroxyl groups excluding tert-OH is 1. The summed E-state index contributed by atoms with van der Waals surface area (Å²) in [4.78, 5) is 3.01. The highest BCUT2D eigenvalue weighted by Gasteiger charge is 2.23. The Labute approximate surface area is 86.7 Å². The Morgan fingerprint density at radius 2 is 2.27 bits per heavy atom. The molecule has 2 aromatic rings. The number of H-pyrrole nitrogens is 1. The Morgan fingerprint density at radius 1 is 1.40 bits per heavy atom. The number of benzene rings is 1. The summed E-state index contributed by atoms with van der Waals surface area (Å²) in [5, 5.41) is 10.7. The number of hydrogen-bond acceptors (Lipinski definition) is 1. The third-order valence-corrected chi connectivity index (χ3v) is 3.16. The van der Waals surface area contributed by atoms with Crippen molar-refractivity contribution in [2.75, 3.05) is 0 Å². The second-order valence-electron chi connectivity index (χ2n) is 4.09. The Hall–Kier alpha value is -1.35. The maximum absolute atomic E-state index is 13.5. The number of aromatic amines is 1. The number of nitrogens with one attached hydrogen (secondary N) is 1. The van der Waals surface area contributed by atoms with Crippen LogP contribution < -0.4 is 0 Å². The van der Waals surface area contributed by atoms with Crippen LogP contribution in [0.1, 0.15) is 30.2 Å². The summed E-state index contributed by atoms with van der Waals surface area (Å²) in [6, 6.07) is 5.06. The van der Waals surface area contributed by atoms with Crippen molar-refractivity contribution in [1.29, 1.82) is 0 Å². The molecule has 3 heteroatoms. The van der Waals surface area contributed by atoms with Crippen molar-refractivity contribution >= 4 is 10.9 Å². The molecule has 1 aliphatic carbocycles. The Balaban J connectivity index is 2.35. The van der Waals surface area contributed by atoms with Gasteiger partial charge in [0.25, 0.3) is 0 Å². The third kappa shape index (κ3) is 1.20. The van der Waals surface area contributed by atoms with Crippen LogP contribution in [0.2, 0.25) is 0 Å². The first kappa shape index (κ1) is 8.92. The van der Waals surface area contributed by atoms with Crippen LogP contribution in [0.15, 0.2) is 18.2 Å². The molecule has 0 fully saturated rings. The van der Waals surface area contributed by atoms with Gasteiger partial charge < -0.3 is 10.1 Å². The van der Waals surface area contributed by atoms with Crippen molar-refractivity contribution in [3.63, 3.8) is 0 Å². The normalized spacial score (nSPS) is 20.5. The van der Waals surface area contributed by atoms with Gasteiger partial charge in [-0.1, -0.05) is 12.1 Å². The molecule has 3 rings (SSSR count). The van der Waals surface area contributed by atoms with E-state index in [1.807, 2.05) is 6.07 Å². The lowest BCUT2D eigenvalue weighted by atomic mass is 9.93. The fourth-order valence-corrected chi connectivity index (χ4v) is 2.43. The van der Waals surface area contributed by atoms with Crippen molar-refractivity contribution in [3.8, 4) is 0 Å². The molecule has 2 N–H and O–H groups in total. The van der Waals surface area contributed by atoms with Gasteiger partial charge in [-0.05, 0) is 30.9 Å². The molecule has 1 atom stereocenters. The van der Waals surface area contributed by atoms with Crippen LogP contribution in [-0.4, -0.2) is 10.1 Å². The molecule has 15 heavy (non-hydrogen) atoms. The quantitative estimate of drug-likeness (QED) is 0.681. The van der Waals surface area contributed by atoms with E-state index in [2.05, 4.69) is 4.98 Å². The van der Waals surface area contributed by atoms with E-state index in [9.17, 15) is 9.50 Å². The number of para-hydroxylation sites is 1. The van der Waals surface area contributed by atoms with Gasteiger partial charge in [0.15, 0.2) is 0 Å². The summed E-state index contributed by atoms with van der Waals surface area (Å²) in [5.74, 6) is -0.242. The van der Waals surface area contributed by atoms with Crippen molar-refractivity contribution in [2.24, 2.45) is 0 Å². The predicted molar refractivity (Wildman–Crippen MR) is 56.2 cm³/mol. The number of aliphatic hydroxyl groups is 1. The van der Waals surface area contributed by atoms with Gasteiger partial charge in [-0.25, -0.2) is 4.39 Å². The van der Waals surface area contributed by atoms with Crippen LogP contribution in [0, 0.1) is 5.82 Å². The summed E-state index contributed by atoms with van der Waals surface area (Å²) in [5.41, 5.74) is 2.42. The molecule has 1 unspecified atom stereocenters. The van der Waals surface area contributed by atoms with Crippen LogP contribution in [0.3, 0.4) is 0 Å². The van der Waals surface area contributed by atoms with E-state index >= 15 is 0 Å². The second-order valence-corrected chi connectivity index (χ2v) is 4.09. The first-order chi connectivity index (χ1) is 7.27. The number of aryl methyl sites for hydroxylation is 1. The Morgan fingerprint density at radius 3 is 3.13 bits per heavy atom. The lowest BCUT2D eigenvalue weighted by Crippen LogP contribution is -2.07. The van der Waals surface area contributed by atoms with E-state index in [-0.39, 0.29) is 5.82 Å². The van der Waals surface area contributed by atoms with Crippen molar-refractivity contribution < 1.29 is 9.50 Å². The standard InChI is InChI=1S/C12H12FNO/c13-9-5-1-3-7-8-4-2-6-10(15)12(8)14-11(7)9/h1,3,5,10,14-15H,2,4,6H2. The fraction of sp³-hybridized carbons (Fsp3) is 0.333.